The van der Waals surface area contributed by atoms with Gasteiger partial charge in [-0.25, -0.2) is 14.4 Å². The van der Waals surface area contributed by atoms with Gasteiger partial charge in [0.1, 0.15) is 0 Å². The highest BCUT2D eigenvalue weighted by atomic mass is 32.2. The van der Waals surface area contributed by atoms with Crippen molar-refractivity contribution in [1.29, 1.82) is 0 Å². The molecule has 1 aliphatic rings. The molecule has 2 rings (SSSR count). The summed E-state index contributed by atoms with van der Waals surface area (Å²) < 4.78 is 13.0. The number of thioether (sulfide) groups is 1. The molecule has 94 valence electrons. The lowest BCUT2D eigenvalue weighted by atomic mass is 9.88. The maximum atomic E-state index is 12.7. The molecule has 1 aromatic rings. The minimum Gasteiger partial charge on any atom is -0.353 e. The molecule has 0 radical (unpaired) electrons. The van der Waals surface area contributed by atoms with Gasteiger partial charge in [-0.15, -0.1) is 0 Å². The molecule has 1 heterocycles. The van der Waals surface area contributed by atoms with Crippen molar-refractivity contribution in [2.45, 2.75) is 36.9 Å². The van der Waals surface area contributed by atoms with Crippen molar-refractivity contribution in [3.05, 3.63) is 18.2 Å². The van der Waals surface area contributed by atoms with Crippen LogP contribution in [0.3, 0.4) is 0 Å². The van der Waals surface area contributed by atoms with Crippen molar-refractivity contribution in [1.82, 2.24) is 9.97 Å². The van der Waals surface area contributed by atoms with E-state index in [4.69, 9.17) is 0 Å². The Morgan fingerprint density at radius 2 is 1.94 bits per heavy atom. The zero-order valence-electron chi connectivity index (χ0n) is 10.1. The number of rotatable bonds is 4. The molecule has 0 spiro atoms. The molecular formula is C12H18FN3S. The molecule has 1 aliphatic carbocycles. The average Bonchev–Trinajstić information content (AvgIpc) is 2.39. The standard InChI is InChI=1S/C12H18FN3S/c1-17-12(5-3-2-4-6-12)9-16-11-14-7-10(13)8-15-11/h7-8H,2-6,9H2,1H3,(H,14,15,16). The van der Waals surface area contributed by atoms with E-state index in [1.165, 1.54) is 44.5 Å². The lowest BCUT2D eigenvalue weighted by molar-refractivity contribution is 0.411. The molecule has 5 heteroatoms. The second kappa shape index (κ2) is 5.67. The summed E-state index contributed by atoms with van der Waals surface area (Å²) in [5.41, 5.74) is 0. The first kappa shape index (κ1) is 12.6. The van der Waals surface area contributed by atoms with Crippen LogP contribution in [0.2, 0.25) is 0 Å². The number of aromatic nitrogens is 2. The van der Waals surface area contributed by atoms with Crippen LogP contribution >= 0.6 is 11.8 Å². The van der Waals surface area contributed by atoms with E-state index in [9.17, 15) is 4.39 Å². The van der Waals surface area contributed by atoms with Crippen LogP contribution in [-0.4, -0.2) is 27.5 Å². The summed E-state index contributed by atoms with van der Waals surface area (Å²) in [7, 11) is 0. The Kier molecular flexibility index (Phi) is 4.20. The largest absolute Gasteiger partial charge is 0.353 e. The van der Waals surface area contributed by atoms with E-state index in [2.05, 4.69) is 21.5 Å². The van der Waals surface area contributed by atoms with Gasteiger partial charge < -0.3 is 5.32 Å². The summed E-state index contributed by atoms with van der Waals surface area (Å²) in [6, 6.07) is 0. The topological polar surface area (TPSA) is 37.8 Å². The van der Waals surface area contributed by atoms with Gasteiger partial charge in [0.25, 0.3) is 0 Å². The minimum absolute atomic E-state index is 0.302. The summed E-state index contributed by atoms with van der Waals surface area (Å²) in [5.74, 6) is 0.123. The van der Waals surface area contributed by atoms with Gasteiger partial charge in [0.05, 0.1) is 12.4 Å². The maximum absolute atomic E-state index is 12.7. The lowest BCUT2D eigenvalue weighted by Gasteiger charge is -2.35. The molecule has 0 unspecified atom stereocenters. The van der Waals surface area contributed by atoms with Crippen LogP contribution < -0.4 is 5.32 Å². The Bertz CT molecular complexity index is 349. The van der Waals surface area contributed by atoms with Crippen LogP contribution in [-0.2, 0) is 0 Å². The monoisotopic (exact) mass is 255 g/mol. The molecule has 17 heavy (non-hydrogen) atoms. The molecule has 0 atom stereocenters. The van der Waals surface area contributed by atoms with Gasteiger partial charge in [-0.3, -0.25) is 0 Å². The van der Waals surface area contributed by atoms with Gasteiger partial charge in [-0.05, 0) is 19.1 Å². The third-order valence-corrected chi connectivity index (χ3v) is 4.81. The highest BCUT2D eigenvalue weighted by Crippen LogP contribution is 2.38. The normalized spacial score (nSPS) is 18.9. The van der Waals surface area contributed by atoms with E-state index < -0.39 is 5.82 Å². The van der Waals surface area contributed by atoms with Crippen molar-refractivity contribution in [2.75, 3.05) is 18.1 Å². The highest BCUT2D eigenvalue weighted by molar-refractivity contribution is 8.00. The average molecular weight is 255 g/mol. The van der Waals surface area contributed by atoms with Crippen LogP contribution in [0, 0.1) is 5.82 Å². The number of nitrogens with zero attached hydrogens (tertiary/aromatic N) is 2. The summed E-state index contributed by atoms with van der Waals surface area (Å²) in [4.78, 5) is 7.84. The first-order valence-corrected chi connectivity index (χ1v) is 7.23. The highest BCUT2D eigenvalue weighted by Gasteiger charge is 2.30. The first-order valence-electron chi connectivity index (χ1n) is 6.01. The molecule has 0 aromatic carbocycles. The second-order valence-corrected chi connectivity index (χ2v) is 5.80. The van der Waals surface area contributed by atoms with E-state index in [1.54, 1.807) is 0 Å². The van der Waals surface area contributed by atoms with E-state index in [1.807, 2.05) is 11.8 Å². The van der Waals surface area contributed by atoms with Crippen LogP contribution in [0.1, 0.15) is 32.1 Å². The van der Waals surface area contributed by atoms with Crippen molar-refractivity contribution in [3.63, 3.8) is 0 Å². The SMILES string of the molecule is CSC1(CNc2ncc(F)cn2)CCCCC1. The van der Waals surface area contributed by atoms with Crippen LogP contribution in [0.4, 0.5) is 10.3 Å². The Morgan fingerprint density at radius 1 is 1.29 bits per heavy atom. The van der Waals surface area contributed by atoms with Gasteiger partial charge in [-0.1, -0.05) is 19.3 Å². The van der Waals surface area contributed by atoms with Gasteiger partial charge in [0.2, 0.25) is 5.95 Å². The van der Waals surface area contributed by atoms with E-state index >= 15 is 0 Å². The number of hydrogen-bond acceptors (Lipinski definition) is 4. The smallest absolute Gasteiger partial charge is 0.222 e. The summed E-state index contributed by atoms with van der Waals surface area (Å²) in [6.07, 6.45) is 11.0. The molecule has 1 aromatic heterocycles. The van der Waals surface area contributed by atoms with Crippen LogP contribution in [0.5, 0.6) is 0 Å². The van der Waals surface area contributed by atoms with Gasteiger partial charge in [0.15, 0.2) is 5.82 Å². The molecule has 1 N–H and O–H groups in total. The number of halogens is 1. The summed E-state index contributed by atoms with van der Waals surface area (Å²) in [5, 5.41) is 3.22. The third kappa shape index (κ3) is 3.31. The molecule has 1 saturated carbocycles. The fourth-order valence-corrected chi connectivity index (χ4v) is 3.21. The van der Waals surface area contributed by atoms with Crippen molar-refractivity contribution in [2.24, 2.45) is 0 Å². The Balaban J connectivity index is 1.93. The van der Waals surface area contributed by atoms with Crippen LogP contribution in [0.15, 0.2) is 12.4 Å². The number of anilines is 1. The minimum atomic E-state index is -0.396. The number of hydrogen-bond donors (Lipinski definition) is 1. The molecule has 3 nitrogen and oxygen atoms in total. The van der Waals surface area contributed by atoms with Crippen molar-refractivity contribution < 1.29 is 4.39 Å². The van der Waals surface area contributed by atoms with E-state index in [-0.39, 0.29) is 0 Å². The van der Waals surface area contributed by atoms with E-state index in [0.717, 1.165) is 6.54 Å². The maximum Gasteiger partial charge on any atom is 0.222 e. The molecular weight excluding hydrogens is 237 g/mol. The Hall–Kier alpha value is -0.840. The Labute approximate surface area is 106 Å². The summed E-state index contributed by atoms with van der Waals surface area (Å²) >= 11 is 1.92. The molecule has 0 saturated heterocycles. The molecule has 1 fully saturated rings. The Morgan fingerprint density at radius 3 is 2.53 bits per heavy atom. The molecule has 0 bridgehead atoms. The zero-order chi connectivity index (χ0) is 12.1. The first-order chi connectivity index (χ1) is 8.24. The fourth-order valence-electron chi connectivity index (χ4n) is 2.29. The summed E-state index contributed by atoms with van der Waals surface area (Å²) in [6.45, 7) is 0.861. The van der Waals surface area contributed by atoms with Gasteiger partial charge in [0, 0.05) is 11.3 Å². The predicted octanol–water partition coefficient (Wildman–Crippen LogP) is 3.09. The zero-order valence-corrected chi connectivity index (χ0v) is 10.9. The quantitative estimate of drug-likeness (QED) is 0.897. The van der Waals surface area contributed by atoms with E-state index in [0.29, 0.717) is 10.7 Å². The second-order valence-electron chi connectivity index (χ2n) is 4.53. The molecule has 0 aliphatic heterocycles. The van der Waals surface area contributed by atoms with Crippen LogP contribution in [0.25, 0.3) is 0 Å². The van der Waals surface area contributed by atoms with Crippen molar-refractivity contribution in [3.8, 4) is 0 Å². The van der Waals surface area contributed by atoms with Crippen molar-refractivity contribution >= 4 is 17.7 Å². The third-order valence-electron chi connectivity index (χ3n) is 3.39. The van der Waals surface area contributed by atoms with Gasteiger partial charge >= 0.3 is 0 Å². The van der Waals surface area contributed by atoms with Gasteiger partial charge in [-0.2, -0.15) is 11.8 Å². The molecule has 0 amide bonds. The predicted molar refractivity (Wildman–Crippen MR) is 69.8 cm³/mol. The fraction of sp³-hybridized carbons (Fsp3) is 0.667. The lowest BCUT2D eigenvalue weighted by Crippen LogP contribution is -2.35. The number of nitrogens with one attached hydrogen (secondary N) is 1.